The van der Waals surface area contributed by atoms with Crippen molar-refractivity contribution < 1.29 is 19.1 Å². The molecule has 0 radical (unpaired) electrons. The van der Waals surface area contributed by atoms with Gasteiger partial charge in [0.1, 0.15) is 5.60 Å². The average molecular weight is 395 g/mol. The molecular weight excluding hydrogens is 370 g/mol. The van der Waals surface area contributed by atoms with Gasteiger partial charge >= 0.3 is 12.1 Å². The molecule has 0 aliphatic carbocycles. The molecule has 3 rings (SSSR count). The summed E-state index contributed by atoms with van der Waals surface area (Å²) in [4.78, 5) is 39.3. The minimum absolute atomic E-state index is 0.111. The van der Waals surface area contributed by atoms with E-state index in [-0.39, 0.29) is 19.0 Å². The molecule has 1 N–H and O–H groups in total. The Morgan fingerprint density at radius 2 is 1.72 bits per heavy atom. The Hall–Kier alpha value is -3.35. The van der Waals surface area contributed by atoms with E-state index in [1.54, 1.807) is 32.9 Å². The number of hydrazine groups is 1. The molecular formula is C22H25N3O4. The number of amides is 4. The molecule has 1 aliphatic rings. The number of benzene rings is 2. The van der Waals surface area contributed by atoms with Crippen LogP contribution < -0.4 is 5.43 Å². The number of ether oxygens (including phenoxy) is 1. The van der Waals surface area contributed by atoms with E-state index in [4.69, 9.17) is 4.74 Å². The number of carbonyl (C=O) groups is 3. The first-order valence-corrected chi connectivity index (χ1v) is 9.49. The fourth-order valence-corrected chi connectivity index (χ4v) is 3.03. The number of urea groups is 1. The predicted molar refractivity (Wildman–Crippen MR) is 108 cm³/mol. The molecule has 1 aliphatic heterocycles. The predicted octanol–water partition coefficient (Wildman–Crippen LogP) is 3.75. The maximum atomic E-state index is 12.8. The molecule has 0 bridgehead atoms. The molecule has 0 aromatic heterocycles. The van der Waals surface area contributed by atoms with Crippen molar-refractivity contribution in [3.05, 3.63) is 71.3 Å². The molecule has 2 aromatic rings. The second kappa shape index (κ2) is 8.34. The Bertz CT molecular complexity index is 906. The van der Waals surface area contributed by atoms with Gasteiger partial charge in [-0.25, -0.2) is 20.0 Å². The number of rotatable bonds is 2. The number of nitrogens with one attached hydrogen (secondary N) is 1. The van der Waals surface area contributed by atoms with Crippen molar-refractivity contribution >= 4 is 18.0 Å². The number of fused-ring (bicyclic) bond motifs is 1. The van der Waals surface area contributed by atoms with Crippen molar-refractivity contribution in [2.24, 2.45) is 0 Å². The van der Waals surface area contributed by atoms with Crippen LogP contribution >= 0.6 is 0 Å². The van der Waals surface area contributed by atoms with E-state index >= 15 is 0 Å². The van der Waals surface area contributed by atoms with Crippen LogP contribution in [0.3, 0.4) is 0 Å². The van der Waals surface area contributed by atoms with E-state index < -0.39 is 17.7 Å². The molecule has 1 heterocycles. The highest BCUT2D eigenvalue weighted by Gasteiger charge is 2.31. The summed E-state index contributed by atoms with van der Waals surface area (Å²) in [5.41, 5.74) is 4.04. The number of hydrogen-bond donors (Lipinski definition) is 1. The van der Waals surface area contributed by atoms with Gasteiger partial charge in [0, 0.05) is 12.1 Å². The van der Waals surface area contributed by atoms with Crippen LogP contribution in [0.15, 0.2) is 54.6 Å². The quantitative estimate of drug-likeness (QED) is 0.786. The second-order valence-electron chi connectivity index (χ2n) is 7.83. The van der Waals surface area contributed by atoms with E-state index in [0.717, 1.165) is 21.0 Å². The highest BCUT2D eigenvalue weighted by Crippen LogP contribution is 2.19. The van der Waals surface area contributed by atoms with E-state index in [0.29, 0.717) is 12.0 Å². The number of imide groups is 1. The molecule has 0 saturated carbocycles. The number of nitrogens with zero attached hydrogens (tertiary/aromatic N) is 2. The molecule has 4 amide bonds. The fraction of sp³-hybridized carbons (Fsp3) is 0.318. The average Bonchev–Trinajstić information content (AvgIpc) is 2.67. The Morgan fingerprint density at radius 3 is 2.41 bits per heavy atom. The van der Waals surface area contributed by atoms with Crippen LogP contribution in [0, 0.1) is 0 Å². The lowest BCUT2D eigenvalue weighted by Gasteiger charge is -2.31. The van der Waals surface area contributed by atoms with E-state index in [9.17, 15) is 14.4 Å². The van der Waals surface area contributed by atoms with Gasteiger partial charge in [0.15, 0.2) is 0 Å². The minimum Gasteiger partial charge on any atom is -0.442 e. The van der Waals surface area contributed by atoms with Gasteiger partial charge in [-0.05, 0) is 44.4 Å². The Labute approximate surface area is 170 Å². The van der Waals surface area contributed by atoms with Crippen LogP contribution in [0.25, 0.3) is 0 Å². The van der Waals surface area contributed by atoms with Crippen LogP contribution in [0.4, 0.5) is 9.59 Å². The summed E-state index contributed by atoms with van der Waals surface area (Å²) in [6, 6.07) is 15.8. The first kappa shape index (κ1) is 20.4. The van der Waals surface area contributed by atoms with E-state index in [1.165, 1.54) is 0 Å². The zero-order chi connectivity index (χ0) is 21.0. The first-order chi connectivity index (χ1) is 13.7. The Balaban J connectivity index is 1.77. The third-order valence-corrected chi connectivity index (χ3v) is 4.37. The molecule has 2 aromatic carbocycles. The molecule has 29 heavy (non-hydrogen) atoms. The van der Waals surface area contributed by atoms with Crippen LogP contribution in [-0.2, 0) is 17.7 Å². The lowest BCUT2D eigenvalue weighted by Crippen LogP contribution is -2.55. The van der Waals surface area contributed by atoms with Gasteiger partial charge in [-0.15, -0.1) is 0 Å². The zero-order valence-corrected chi connectivity index (χ0v) is 16.8. The van der Waals surface area contributed by atoms with Crippen LogP contribution in [0.1, 0.15) is 42.3 Å². The van der Waals surface area contributed by atoms with Crippen molar-refractivity contribution in [3.63, 3.8) is 0 Å². The topological polar surface area (TPSA) is 79.0 Å². The highest BCUT2D eigenvalue weighted by atomic mass is 16.6. The molecule has 0 saturated heterocycles. The standard InChI is InChI=1S/C22H25N3O4/c1-22(2,3)29-21(28)25(15-16-9-5-4-6-10-16)23-20(27)24-14-13-17-11-7-8-12-18(17)19(24)26/h4-12H,13-15H2,1-3H3,(H,23,27). The highest BCUT2D eigenvalue weighted by molar-refractivity contribution is 6.06. The largest absolute Gasteiger partial charge is 0.442 e. The fourth-order valence-electron chi connectivity index (χ4n) is 3.03. The Morgan fingerprint density at radius 1 is 1.07 bits per heavy atom. The lowest BCUT2D eigenvalue weighted by atomic mass is 9.99. The number of hydrogen-bond acceptors (Lipinski definition) is 4. The smallest absolute Gasteiger partial charge is 0.429 e. The normalized spacial score (nSPS) is 13.5. The monoisotopic (exact) mass is 395 g/mol. The van der Waals surface area contributed by atoms with Gasteiger partial charge in [-0.2, -0.15) is 0 Å². The molecule has 0 atom stereocenters. The molecule has 0 unspecified atom stereocenters. The van der Waals surface area contributed by atoms with Gasteiger partial charge in [-0.3, -0.25) is 9.69 Å². The van der Waals surface area contributed by atoms with Crippen molar-refractivity contribution in [1.82, 2.24) is 15.3 Å². The molecule has 0 spiro atoms. The zero-order valence-electron chi connectivity index (χ0n) is 16.8. The third-order valence-electron chi connectivity index (χ3n) is 4.37. The maximum Gasteiger partial charge on any atom is 0.429 e. The summed E-state index contributed by atoms with van der Waals surface area (Å²) >= 11 is 0. The summed E-state index contributed by atoms with van der Waals surface area (Å²) in [7, 11) is 0. The van der Waals surface area contributed by atoms with Gasteiger partial charge in [-0.1, -0.05) is 48.5 Å². The third kappa shape index (κ3) is 5.13. The summed E-state index contributed by atoms with van der Waals surface area (Å²) in [5, 5.41) is 1.09. The summed E-state index contributed by atoms with van der Waals surface area (Å²) in [6.07, 6.45) is -0.125. The van der Waals surface area contributed by atoms with E-state index in [1.807, 2.05) is 42.5 Å². The van der Waals surface area contributed by atoms with Gasteiger partial charge < -0.3 is 4.74 Å². The summed E-state index contributed by atoms with van der Waals surface area (Å²) in [5.74, 6) is -0.381. The van der Waals surface area contributed by atoms with Crippen LogP contribution in [0.2, 0.25) is 0 Å². The van der Waals surface area contributed by atoms with E-state index in [2.05, 4.69) is 5.43 Å². The minimum atomic E-state index is -0.726. The van der Waals surface area contributed by atoms with Gasteiger partial charge in [0.2, 0.25) is 0 Å². The molecule has 152 valence electrons. The van der Waals surface area contributed by atoms with Crippen LogP contribution in [-0.4, -0.2) is 40.1 Å². The second-order valence-corrected chi connectivity index (χ2v) is 7.83. The lowest BCUT2D eigenvalue weighted by molar-refractivity contribution is 0.0129. The molecule has 7 heteroatoms. The van der Waals surface area contributed by atoms with Gasteiger partial charge in [0.05, 0.1) is 6.54 Å². The van der Waals surface area contributed by atoms with Gasteiger partial charge in [0.25, 0.3) is 5.91 Å². The van der Waals surface area contributed by atoms with Crippen molar-refractivity contribution in [1.29, 1.82) is 0 Å². The van der Waals surface area contributed by atoms with Crippen molar-refractivity contribution in [3.8, 4) is 0 Å². The number of carbonyl (C=O) groups excluding carboxylic acids is 3. The van der Waals surface area contributed by atoms with Crippen LogP contribution in [0.5, 0.6) is 0 Å². The Kier molecular flexibility index (Phi) is 5.87. The SMILES string of the molecule is CC(C)(C)OC(=O)N(Cc1ccccc1)NC(=O)N1CCc2ccccc2C1=O. The molecule has 0 fully saturated rings. The van der Waals surface area contributed by atoms with Crippen molar-refractivity contribution in [2.45, 2.75) is 39.3 Å². The first-order valence-electron chi connectivity index (χ1n) is 9.49. The summed E-state index contributed by atoms with van der Waals surface area (Å²) < 4.78 is 5.41. The van der Waals surface area contributed by atoms with Crippen molar-refractivity contribution in [2.75, 3.05) is 6.54 Å². The molecule has 7 nitrogen and oxygen atoms in total. The maximum absolute atomic E-state index is 12.8. The summed E-state index contributed by atoms with van der Waals surface area (Å²) in [6.45, 7) is 5.60.